The Hall–Kier alpha value is -1.40. The Morgan fingerprint density at radius 1 is 1.31 bits per heavy atom. The molecule has 1 aromatic heterocycles. The number of aryl methyl sites for hydroxylation is 1. The lowest BCUT2D eigenvalue weighted by Crippen LogP contribution is -2.59. The van der Waals surface area contributed by atoms with Gasteiger partial charge in [0.15, 0.2) is 5.60 Å². The first-order valence-corrected chi connectivity index (χ1v) is 9.83. The quantitative estimate of drug-likeness (QED) is 0.727. The van der Waals surface area contributed by atoms with Crippen molar-refractivity contribution >= 4 is 5.91 Å². The van der Waals surface area contributed by atoms with E-state index in [2.05, 4.69) is 45.0 Å². The lowest BCUT2D eigenvalue weighted by molar-refractivity contribution is -0.158. The second kappa shape index (κ2) is 8.09. The average molecular weight is 365 g/mol. The van der Waals surface area contributed by atoms with Crippen LogP contribution in [0.15, 0.2) is 0 Å². The van der Waals surface area contributed by atoms with Crippen molar-refractivity contribution in [2.45, 2.75) is 73.0 Å². The highest BCUT2D eigenvalue weighted by molar-refractivity contribution is 5.86. The van der Waals surface area contributed by atoms with Gasteiger partial charge in [-0.25, -0.2) is 0 Å². The van der Waals surface area contributed by atoms with Gasteiger partial charge in [0.05, 0.1) is 12.2 Å². The van der Waals surface area contributed by atoms with Gasteiger partial charge in [0.1, 0.15) is 0 Å². The second-order valence-corrected chi connectivity index (χ2v) is 8.83. The molecular formula is C20H36N4O2. The van der Waals surface area contributed by atoms with E-state index in [1.54, 1.807) is 0 Å². The summed E-state index contributed by atoms with van der Waals surface area (Å²) in [5.74, 6) is -0.134. The summed E-state index contributed by atoms with van der Waals surface area (Å²) in [6, 6.07) is 0. The minimum absolute atomic E-state index is 0.0355. The molecule has 0 radical (unpaired) electrons. The van der Waals surface area contributed by atoms with Crippen molar-refractivity contribution in [2.24, 2.45) is 5.41 Å². The van der Waals surface area contributed by atoms with Crippen LogP contribution in [0.3, 0.4) is 0 Å². The van der Waals surface area contributed by atoms with Crippen molar-refractivity contribution in [3.63, 3.8) is 0 Å². The van der Waals surface area contributed by atoms with Crippen molar-refractivity contribution in [3.05, 3.63) is 17.0 Å². The van der Waals surface area contributed by atoms with Crippen LogP contribution in [0.4, 0.5) is 0 Å². The lowest BCUT2D eigenvalue weighted by Gasteiger charge is -2.41. The van der Waals surface area contributed by atoms with Crippen LogP contribution in [-0.2, 0) is 17.8 Å². The topological polar surface area (TPSA) is 70.4 Å². The third-order valence-electron chi connectivity index (χ3n) is 5.17. The number of aromatic nitrogens is 2. The average Bonchev–Trinajstić information content (AvgIpc) is 2.81. The molecule has 6 nitrogen and oxygen atoms in total. The number of hydrogen-bond donors (Lipinski definition) is 2. The molecule has 148 valence electrons. The summed E-state index contributed by atoms with van der Waals surface area (Å²) in [7, 11) is 0. The van der Waals surface area contributed by atoms with Crippen molar-refractivity contribution in [2.75, 3.05) is 26.2 Å². The standard InChI is InChI=1S/C20H36N4O2/c1-7-17-15(2)22-24(16(17)3)12-10-21-13-20(26)9-8-11-23(18(20)25)14-19(4,5)6/h21,26H,7-14H2,1-6H3/t20-/m1/s1. The summed E-state index contributed by atoms with van der Waals surface area (Å²) < 4.78 is 2.01. The minimum atomic E-state index is -1.28. The Morgan fingerprint density at radius 2 is 2.00 bits per heavy atom. The molecule has 2 rings (SSSR count). The van der Waals surface area contributed by atoms with Crippen molar-refractivity contribution in [1.82, 2.24) is 20.0 Å². The van der Waals surface area contributed by atoms with Crippen LogP contribution in [0.1, 0.15) is 57.5 Å². The first kappa shape index (κ1) is 20.9. The number of carbonyl (C=O) groups is 1. The predicted octanol–water partition coefficient (Wildman–Crippen LogP) is 2.05. The smallest absolute Gasteiger partial charge is 0.255 e. The number of piperidine rings is 1. The van der Waals surface area contributed by atoms with Gasteiger partial charge in [-0.05, 0) is 44.1 Å². The molecule has 0 saturated carbocycles. The van der Waals surface area contributed by atoms with Crippen LogP contribution in [0.5, 0.6) is 0 Å². The Balaban J connectivity index is 1.89. The Labute approximate surface area is 158 Å². The van der Waals surface area contributed by atoms with E-state index in [4.69, 9.17) is 0 Å². The summed E-state index contributed by atoms with van der Waals surface area (Å²) in [4.78, 5) is 14.6. The van der Waals surface area contributed by atoms with Crippen LogP contribution >= 0.6 is 0 Å². The van der Waals surface area contributed by atoms with Gasteiger partial charge < -0.3 is 15.3 Å². The summed E-state index contributed by atoms with van der Waals surface area (Å²) >= 11 is 0. The van der Waals surface area contributed by atoms with Gasteiger partial charge in [-0.2, -0.15) is 5.10 Å². The van der Waals surface area contributed by atoms with Gasteiger partial charge in [0.2, 0.25) is 0 Å². The molecule has 1 saturated heterocycles. The fraction of sp³-hybridized carbons (Fsp3) is 0.800. The van der Waals surface area contributed by atoms with Gasteiger partial charge in [0, 0.05) is 31.9 Å². The molecule has 1 aromatic rings. The number of rotatable bonds is 7. The summed E-state index contributed by atoms with van der Waals surface area (Å²) in [5.41, 5.74) is 2.35. The number of hydrogen-bond acceptors (Lipinski definition) is 4. The molecule has 2 heterocycles. The van der Waals surface area contributed by atoms with Crippen LogP contribution in [-0.4, -0.2) is 57.5 Å². The monoisotopic (exact) mass is 364 g/mol. The molecule has 1 aliphatic heterocycles. The number of carbonyl (C=O) groups excluding carboxylic acids is 1. The SMILES string of the molecule is CCc1c(C)nn(CCNC[C@]2(O)CCCN(CC(C)(C)C)C2=O)c1C. The highest BCUT2D eigenvalue weighted by atomic mass is 16.3. The van der Waals surface area contributed by atoms with Gasteiger partial charge in [-0.3, -0.25) is 9.48 Å². The van der Waals surface area contributed by atoms with Crippen molar-refractivity contribution < 1.29 is 9.90 Å². The zero-order chi connectivity index (χ0) is 19.5. The fourth-order valence-corrected chi connectivity index (χ4v) is 3.90. The molecule has 1 amide bonds. The largest absolute Gasteiger partial charge is 0.379 e. The molecule has 0 unspecified atom stereocenters. The van der Waals surface area contributed by atoms with Gasteiger partial charge in [-0.15, -0.1) is 0 Å². The molecule has 0 aliphatic carbocycles. The maximum atomic E-state index is 12.7. The first-order valence-electron chi connectivity index (χ1n) is 9.83. The van der Waals surface area contributed by atoms with Crippen molar-refractivity contribution in [1.29, 1.82) is 0 Å². The van der Waals surface area contributed by atoms with E-state index in [9.17, 15) is 9.90 Å². The van der Waals surface area contributed by atoms with Gasteiger partial charge >= 0.3 is 0 Å². The molecule has 1 aliphatic rings. The third kappa shape index (κ3) is 4.86. The summed E-state index contributed by atoms with van der Waals surface area (Å²) in [5, 5.41) is 18.7. The van der Waals surface area contributed by atoms with Gasteiger partial charge in [0.25, 0.3) is 5.91 Å². The maximum absolute atomic E-state index is 12.7. The van der Waals surface area contributed by atoms with E-state index in [1.165, 1.54) is 11.3 Å². The number of amides is 1. The van der Waals surface area contributed by atoms with E-state index in [1.807, 2.05) is 16.5 Å². The van der Waals surface area contributed by atoms with E-state index < -0.39 is 5.60 Å². The van der Waals surface area contributed by atoms with E-state index in [-0.39, 0.29) is 11.3 Å². The first-order chi connectivity index (χ1) is 12.1. The summed E-state index contributed by atoms with van der Waals surface area (Å²) in [6.45, 7) is 15.8. The second-order valence-electron chi connectivity index (χ2n) is 8.83. The molecule has 2 N–H and O–H groups in total. The molecule has 0 aromatic carbocycles. The predicted molar refractivity (Wildman–Crippen MR) is 104 cm³/mol. The zero-order valence-corrected chi connectivity index (χ0v) is 17.4. The molecular weight excluding hydrogens is 328 g/mol. The summed E-state index contributed by atoms with van der Waals surface area (Å²) in [6.07, 6.45) is 2.36. The Kier molecular flexibility index (Phi) is 6.51. The van der Waals surface area contributed by atoms with Crippen molar-refractivity contribution in [3.8, 4) is 0 Å². The van der Waals surface area contributed by atoms with Crippen LogP contribution in [0.25, 0.3) is 0 Å². The number of nitrogens with one attached hydrogen (secondary N) is 1. The molecule has 6 heteroatoms. The molecule has 1 fully saturated rings. The van der Waals surface area contributed by atoms with Crippen LogP contribution < -0.4 is 5.32 Å². The molecule has 1 atom stereocenters. The Bertz CT molecular complexity index is 632. The van der Waals surface area contributed by atoms with Crippen LogP contribution in [0, 0.1) is 19.3 Å². The number of aliphatic hydroxyl groups is 1. The minimum Gasteiger partial charge on any atom is -0.379 e. The van der Waals surface area contributed by atoms with Gasteiger partial charge in [-0.1, -0.05) is 27.7 Å². The molecule has 0 spiro atoms. The third-order valence-corrected chi connectivity index (χ3v) is 5.17. The Morgan fingerprint density at radius 3 is 2.58 bits per heavy atom. The number of nitrogens with zero attached hydrogens (tertiary/aromatic N) is 3. The molecule has 0 bridgehead atoms. The van der Waals surface area contributed by atoms with E-state index in [0.29, 0.717) is 26.1 Å². The van der Waals surface area contributed by atoms with Crippen LogP contribution in [0.2, 0.25) is 0 Å². The normalized spacial score (nSPS) is 21.5. The highest BCUT2D eigenvalue weighted by Gasteiger charge is 2.42. The number of likely N-dealkylation sites (tertiary alicyclic amines) is 1. The fourth-order valence-electron chi connectivity index (χ4n) is 3.90. The zero-order valence-electron chi connectivity index (χ0n) is 17.4. The van der Waals surface area contributed by atoms with E-state index in [0.717, 1.165) is 31.6 Å². The maximum Gasteiger partial charge on any atom is 0.255 e. The van der Waals surface area contributed by atoms with E-state index >= 15 is 0 Å². The molecule has 26 heavy (non-hydrogen) atoms. The highest BCUT2D eigenvalue weighted by Crippen LogP contribution is 2.25. The lowest BCUT2D eigenvalue weighted by atomic mass is 9.88.